The molecule has 1 N–H and O–H groups in total. The molecule has 17 heavy (non-hydrogen) atoms. The first kappa shape index (κ1) is 12.5. The van der Waals surface area contributed by atoms with Crippen molar-refractivity contribution >= 4 is 27.3 Å². The molecular formula is C10H12NO4S2. The molecule has 1 aliphatic heterocycles. The summed E-state index contributed by atoms with van der Waals surface area (Å²) in [6, 6.07) is 1.22. The van der Waals surface area contributed by atoms with Crippen LogP contribution in [0.2, 0.25) is 0 Å². The second kappa shape index (κ2) is 4.75. The lowest BCUT2D eigenvalue weighted by Gasteiger charge is -2.24. The molecule has 1 radical (unpaired) electrons. The third-order valence-electron chi connectivity index (χ3n) is 2.58. The van der Waals surface area contributed by atoms with E-state index >= 15 is 0 Å². The van der Waals surface area contributed by atoms with E-state index < -0.39 is 16.0 Å². The molecule has 0 spiro atoms. The van der Waals surface area contributed by atoms with Crippen LogP contribution in [0, 0.1) is 6.42 Å². The Kier molecular flexibility index (Phi) is 3.50. The van der Waals surface area contributed by atoms with Crippen LogP contribution in [-0.4, -0.2) is 36.9 Å². The van der Waals surface area contributed by atoms with Crippen molar-refractivity contribution in [1.29, 1.82) is 0 Å². The number of aromatic carboxylic acids is 1. The maximum Gasteiger partial charge on any atom is 0.336 e. The minimum absolute atomic E-state index is 0.0251. The summed E-state index contributed by atoms with van der Waals surface area (Å²) in [5, 5.41) is 10.1. The average molecular weight is 274 g/mol. The van der Waals surface area contributed by atoms with Gasteiger partial charge in [0.05, 0.1) is 5.56 Å². The second-order valence-corrected chi connectivity index (χ2v) is 6.81. The van der Waals surface area contributed by atoms with Crippen molar-refractivity contribution in [2.75, 3.05) is 13.1 Å². The lowest BCUT2D eigenvalue weighted by molar-refractivity contribution is 0.0697. The number of hydrogen-bond acceptors (Lipinski definition) is 4. The summed E-state index contributed by atoms with van der Waals surface area (Å²) in [6.45, 7) is 0.950. The van der Waals surface area contributed by atoms with Gasteiger partial charge in [-0.25, -0.2) is 13.2 Å². The Morgan fingerprint density at radius 3 is 2.53 bits per heavy atom. The van der Waals surface area contributed by atoms with E-state index in [1.807, 2.05) is 0 Å². The highest BCUT2D eigenvalue weighted by Gasteiger charge is 2.27. The van der Waals surface area contributed by atoms with Crippen molar-refractivity contribution in [2.45, 2.75) is 17.1 Å². The molecule has 1 fully saturated rings. The van der Waals surface area contributed by atoms with Crippen molar-refractivity contribution in [3.63, 3.8) is 0 Å². The Morgan fingerprint density at radius 1 is 1.35 bits per heavy atom. The first-order chi connectivity index (χ1) is 8.01. The smallest absolute Gasteiger partial charge is 0.336 e. The van der Waals surface area contributed by atoms with Gasteiger partial charge in [0.15, 0.2) is 0 Å². The van der Waals surface area contributed by atoms with Crippen LogP contribution < -0.4 is 0 Å². The molecule has 1 aliphatic rings. The van der Waals surface area contributed by atoms with Crippen LogP contribution in [0.3, 0.4) is 0 Å². The van der Waals surface area contributed by atoms with Crippen molar-refractivity contribution in [3.05, 3.63) is 23.4 Å². The van der Waals surface area contributed by atoms with Gasteiger partial charge in [0.2, 0.25) is 0 Å². The molecule has 1 aromatic rings. The second-order valence-electron chi connectivity index (χ2n) is 3.73. The van der Waals surface area contributed by atoms with Crippen LogP contribution in [0.25, 0.3) is 0 Å². The molecule has 2 heterocycles. The third kappa shape index (κ3) is 2.51. The number of carbonyl (C=O) groups is 1. The van der Waals surface area contributed by atoms with Crippen LogP contribution in [0.1, 0.15) is 23.2 Å². The third-order valence-corrected chi connectivity index (χ3v) is 5.90. The molecule has 0 amide bonds. The normalized spacial score (nSPS) is 18.1. The minimum atomic E-state index is -3.51. The summed E-state index contributed by atoms with van der Waals surface area (Å²) < 4.78 is 25.8. The van der Waals surface area contributed by atoms with E-state index in [9.17, 15) is 13.2 Å². The molecule has 1 aromatic heterocycles. The van der Waals surface area contributed by atoms with E-state index in [1.165, 1.54) is 15.8 Å². The number of piperidine rings is 1. The first-order valence-electron chi connectivity index (χ1n) is 5.15. The predicted molar refractivity (Wildman–Crippen MR) is 63.6 cm³/mol. The Hall–Kier alpha value is -0.920. The Bertz CT molecular complexity index is 514. The van der Waals surface area contributed by atoms with E-state index in [1.54, 1.807) is 0 Å². The highest BCUT2D eigenvalue weighted by atomic mass is 32.2. The summed E-state index contributed by atoms with van der Waals surface area (Å²) in [6.07, 6.45) is 3.55. The van der Waals surface area contributed by atoms with Gasteiger partial charge in [0.25, 0.3) is 10.0 Å². The van der Waals surface area contributed by atoms with Crippen LogP contribution in [-0.2, 0) is 10.0 Å². The van der Waals surface area contributed by atoms with Crippen molar-refractivity contribution in [2.24, 2.45) is 0 Å². The number of rotatable bonds is 3. The number of nitrogens with zero attached hydrogens (tertiary/aromatic N) is 1. The van der Waals surface area contributed by atoms with E-state index in [-0.39, 0.29) is 9.77 Å². The molecule has 0 aliphatic carbocycles. The Morgan fingerprint density at radius 2 is 2.00 bits per heavy atom. The van der Waals surface area contributed by atoms with E-state index in [0.29, 0.717) is 13.1 Å². The summed E-state index contributed by atoms with van der Waals surface area (Å²) in [5.41, 5.74) is 0.0251. The lowest BCUT2D eigenvalue weighted by atomic mass is 10.2. The average Bonchev–Trinajstić information content (AvgIpc) is 2.80. The molecule has 2 rings (SSSR count). The van der Waals surface area contributed by atoms with Crippen LogP contribution in [0.4, 0.5) is 0 Å². The fourth-order valence-corrected chi connectivity index (χ4v) is 4.43. The number of sulfonamides is 1. The monoisotopic (exact) mass is 274 g/mol. The van der Waals surface area contributed by atoms with Gasteiger partial charge in [-0.05, 0) is 25.3 Å². The Balaban J connectivity index is 2.27. The fraction of sp³-hybridized carbons (Fsp3) is 0.400. The van der Waals surface area contributed by atoms with Gasteiger partial charge in [-0.2, -0.15) is 4.31 Å². The molecular weight excluding hydrogens is 262 g/mol. The number of carboxylic acids is 1. The zero-order valence-corrected chi connectivity index (χ0v) is 10.6. The van der Waals surface area contributed by atoms with Crippen molar-refractivity contribution in [3.8, 4) is 0 Å². The molecule has 0 bridgehead atoms. The van der Waals surface area contributed by atoms with Crippen molar-refractivity contribution in [1.82, 2.24) is 4.31 Å². The molecule has 0 saturated carbocycles. The first-order valence-corrected chi connectivity index (χ1v) is 7.47. The molecule has 93 valence electrons. The molecule has 5 nitrogen and oxygen atoms in total. The number of carboxylic acid groups (broad SMARTS) is 1. The maximum absolute atomic E-state index is 12.2. The summed E-state index contributed by atoms with van der Waals surface area (Å²) in [5.74, 6) is -1.10. The summed E-state index contributed by atoms with van der Waals surface area (Å²) in [4.78, 5) is 10.7. The summed E-state index contributed by atoms with van der Waals surface area (Å²) in [7, 11) is -3.51. The van der Waals surface area contributed by atoms with Gasteiger partial charge < -0.3 is 5.11 Å². The van der Waals surface area contributed by atoms with Crippen LogP contribution in [0.5, 0.6) is 0 Å². The standard InChI is InChI=1S/C10H12NO4S2/c12-10(13)8-6-9(16-7-8)17(14,15)11-4-2-1-3-5-11/h1,6-7H,2-5H2,(H,12,13). The maximum atomic E-state index is 12.2. The van der Waals surface area contributed by atoms with Crippen LogP contribution in [0.15, 0.2) is 15.7 Å². The van der Waals surface area contributed by atoms with E-state index in [2.05, 4.69) is 6.42 Å². The highest BCUT2D eigenvalue weighted by Crippen LogP contribution is 2.25. The molecule has 0 unspecified atom stereocenters. The quantitative estimate of drug-likeness (QED) is 0.905. The minimum Gasteiger partial charge on any atom is -0.478 e. The molecule has 0 aromatic carbocycles. The largest absolute Gasteiger partial charge is 0.478 e. The Labute approximate surface area is 104 Å². The zero-order chi connectivity index (χ0) is 12.5. The van der Waals surface area contributed by atoms with Crippen molar-refractivity contribution < 1.29 is 18.3 Å². The van der Waals surface area contributed by atoms with Gasteiger partial charge in [0, 0.05) is 18.5 Å². The molecule has 0 atom stereocenters. The van der Waals surface area contributed by atoms with E-state index in [0.717, 1.165) is 24.2 Å². The zero-order valence-electron chi connectivity index (χ0n) is 9.00. The topological polar surface area (TPSA) is 74.7 Å². The predicted octanol–water partition coefficient (Wildman–Crippen LogP) is 1.44. The number of thiophene rings is 1. The molecule has 1 saturated heterocycles. The summed E-state index contributed by atoms with van der Waals surface area (Å²) >= 11 is 0.958. The fourth-order valence-electron chi connectivity index (χ4n) is 1.66. The van der Waals surface area contributed by atoms with Gasteiger partial charge in [-0.15, -0.1) is 11.3 Å². The van der Waals surface area contributed by atoms with Crippen LogP contribution >= 0.6 is 11.3 Å². The van der Waals surface area contributed by atoms with Gasteiger partial charge >= 0.3 is 5.97 Å². The highest BCUT2D eigenvalue weighted by molar-refractivity contribution is 7.91. The van der Waals surface area contributed by atoms with Gasteiger partial charge in [-0.1, -0.05) is 0 Å². The molecule has 7 heteroatoms. The SMILES string of the molecule is O=C(O)c1csc(S(=O)(=O)N2CC[CH]CC2)c1. The van der Waals surface area contributed by atoms with E-state index in [4.69, 9.17) is 5.11 Å². The number of hydrogen-bond donors (Lipinski definition) is 1. The lowest BCUT2D eigenvalue weighted by Crippen LogP contribution is -2.35. The van der Waals surface area contributed by atoms with Gasteiger partial charge in [0.1, 0.15) is 4.21 Å². The van der Waals surface area contributed by atoms with Gasteiger partial charge in [-0.3, -0.25) is 0 Å².